The van der Waals surface area contributed by atoms with Crippen LogP contribution in [0.25, 0.3) is 16.9 Å². The van der Waals surface area contributed by atoms with Crippen molar-refractivity contribution in [1.82, 2.24) is 9.38 Å². The van der Waals surface area contributed by atoms with Crippen molar-refractivity contribution in [2.75, 3.05) is 13.2 Å². The average Bonchev–Trinajstić information content (AvgIpc) is 3.52. The number of ether oxygens (including phenoxy) is 1. The Kier molecular flexibility index (Phi) is 5.52. The van der Waals surface area contributed by atoms with Gasteiger partial charge in [0, 0.05) is 55.5 Å². The number of Topliss-reactive ketones (excluding diaryl/α,β-unsaturated/α-hetero) is 1. The molecule has 0 saturated carbocycles. The largest absolute Gasteiger partial charge is 0.381 e. The van der Waals surface area contributed by atoms with Gasteiger partial charge in [-0.15, -0.1) is 0 Å². The number of carbonyl (C=O) groups is 1. The Labute approximate surface area is 203 Å². The minimum atomic E-state index is -1.85. The van der Waals surface area contributed by atoms with Gasteiger partial charge in [-0.3, -0.25) is 9.20 Å². The van der Waals surface area contributed by atoms with Crippen LogP contribution in [0.2, 0.25) is 0 Å². The van der Waals surface area contributed by atoms with Crippen LogP contribution in [0.3, 0.4) is 0 Å². The van der Waals surface area contributed by atoms with Gasteiger partial charge >= 0.3 is 0 Å². The van der Waals surface area contributed by atoms with E-state index in [2.05, 4.69) is 27.6 Å². The SMILES string of the molecule is O=C1CCc2cc(-c3ccc(Cc4ccc(C(O)(O)C5CCOCC5)cc4)c4nccn34)ccc21. The van der Waals surface area contributed by atoms with Crippen LogP contribution >= 0.6 is 0 Å². The molecule has 35 heavy (non-hydrogen) atoms. The van der Waals surface area contributed by atoms with Crippen LogP contribution < -0.4 is 0 Å². The molecule has 2 N–H and O–H groups in total. The Morgan fingerprint density at radius 3 is 2.60 bits per heavy atom. The first-order chi connectivity index (χ1) is 17.0. The number of imidazole rings is 1. The fourth-order valence-electron chi connectivity index (χ4n) is 5.48. The molecule has 6 heteroatoms. The molecule has 2 aromatic heterocycles. The van der Waals surface area contributed by atoms with E-state index in [1.807, 2.05) is 48.8 Å². The molecular weight excluding hydrogens is 440 g/mol. The van der Waals surface area contributed by atoms with Gasteiger partial charge in [-0.2, -0.15) is 0 Å². The number of pyridine rings is 1. The van der Waals surface area contributed by atoms with Gasteiger partial charge in [-0.1, -0.05) is 42.5 Å². The number of hydrogen-bond donors (Lipinski definition) is 2. The molecule has 2 aliphatic rings. The number of aromatic nitrogens is 2. The Balaban J connectivity index is 1.26. The molecule has 0 spiro atoms. The first kappa shape index (κ1) is 22.2. The molecule has 6 rings (SSSR count). The minimum Gasteiger partial charge on any atom is -0.381 e. The third kappa shape index (κ3) is 3.97. The highest BCUT2D eigenvalue weighted by molar-refractivity contribution is 6.00. The summed E-state index contributed by atoms with van der Waals surface area (Å²) in [5.74, 6) is -1.84. The van der Waals surface area contributed by atoms with Crippen LogP contribution in [0.4, 0.5) is 0 Å². The van der Waals surface area contributed by atoms with E-state index in [4.69, 9.17) is 4.74 Å². The second kappa shape index (κ2) is 8.72. The van der Waals surface area contributed by atoms with Gasteiger partial charge in [0.05, 0.1) is 5.69 Å². The van der Waals surface area contributed by atoms with E-state index in [0.29, 0.717) is 44.5 Å². The highest BCUT2D eigenvalue weighted by atomic mass is 16.5. The van der Waals surface area contributed by atoms with E-state index in [1.54, 1.807) is 0 Å². The van der Waals surface area contributed by atoms with Gasteiger partial charge < -0.3 is 14.9 Å². The smallest absolute Gasteiger partial charge is 0.192 e. The molecule has 0 amide bonds. The molecule has 0 atom stereocenters. The number of fused-ring (bicyclic) bond motifs is 2. The van der Waals surface area contributed by atoms with E-state index in [1.165, 1.54) is 0 Å². The quantitative estimate of drug-likeness (QED) is 0.427. The molecule has 3 heterocycles. The molecular formula is C29H28N2O4. The van der Waals surface area contributed by atoms with Crippen molar-refractivity contribution < 1.29 is 19.7 Å². The van der Waals surface area contributed by atoms with Crippen molar-refractivity contribution in [1.29, 1.82) is 0 Å². The third-order valence-electron chi connectivity index (χ3n) is 7.52. The molecule has 0 unspecified atom stereocenters. The molecule has 1 aliphatic carbocycles. The number of benzene rings is 2. The van der Waals surface area contributed by atoms with Gasteiger partial charge in [-0.05, 0) is 53.6 Å². The highest BCUT2D eigenvalue weighted by Crippen LogP contribution is 2.34. The summed E-state index contributed by atoms with van der Waals surface area (Å²) in [6.07, 6.45) is 7.14. The molecule has 4 aromatic rings. The molecule has 6 nitrogen and oxygen atoms in total. The zero-order valence-corrected chi connectivity index (χ0v) is 19.5. The average molecular weight is 469 g/mol. The van der Waals surface area contributed by atoms with Gasteiger partial charge in [0.25, 0.3) is 0 Å². The molecule has 1 fully saturated rings. The fourth-order valence-corrected chi connectivity index (χ4v) is 5.48. The van der Waals surface area contributed by atoms with Crippen molar-refractivity contribution in [3.05, 3.63) is 94.8 Å². The number of rotatable bonds is 5. The summed E-state index contributed by atoms with van der Waals surface area (Å²) >= 11 is 0. The topological polar surface area (TPSA) is 84.1 Å². The maximum atomic E-state index is 12.0. The lowest BCUT2D eigenvalue weighted by molar-refractivity contribution is -0.224. The molecule has 1 saturated heterocycles. The zero-order chi connectivity index (χ0) is 24.0. The van der Waals surface area contributed by atoms with Gasteiger partial charge in [-0.25, -0.2) is 4.98 Å². The second-order valence-corrected chi connectivity index (χ2v) is 9.65. The third-order valence-corrected chi connectivity index (χ3v) is 7.52. The zero-order valence-electron chi connectivity index (χ0n) is 19.5. The molecule has 0 bridgehead atoms. The number of aryl methyl sites for hydroxylation is 1. The summed E-state index contributed by atoms with van der Waals surface area (Å²) in [5.41, 5.74) is 7.66. The van der Waals surface area contributed by atoms with Crippen LogP contribution in [0.15, 0.2) is 67.0 Å². The number of carbonyl (C=O) groups excluding carboxylic acids is 1. The first-order valence-electron chi connectivity index (χ1n) is 12.2. The van der Waals surface area contributed by atoms with Crippen molar-refractivity contribution in [2.24, 2.45) is 5.92 Å². The standard InChI is InChI=1S/C29H28N2O4/c32-27-10-5-20-18-21(3-8-25(20)27)26-9-4-22(28-30-13-14-31(26)28)17-19-1-6-23(7-2-19)29(33,34)24-11-15-35-16-12-24/h1-4,6-9,13-14,18,24,33-34H,5,10-12,15-17H2. The Hall–Kier alpha value is -3.32. The van der Waals surface area contributed by atoms with Crippen molar-refractivity contribution >= 4 is 11.4 Å². The van der Waals surface area contributed by atoms with Crippen molar-refractivity contribution in [3.63, 3.8) is 0 Å². The number of ketones is 1. The first-order valence-corrected chi connectivity index (χ1v) is 12.2. The van der Waals surface area contributed by atoms with Gasteiger partial charge in [0.15, 0.2) is 11.6 Å². The minimum absolute atomic E-state index is 0.225. The van der Waals surface area contributed by atoms with E-state index in [9.17, 15) is 15.0 Å². The maximum Gasteiger partial charge on any atom is 0.192 e. The molecule has 0 radical (unpaired) electrons. The van der Waals surface area contributed by atoms with Crippen molar-refractivity contribution in [2.45, 2.75) is 37.9 Å². The predicted octanol–water partition coefficient (Wildman–Crippen LogP) is 4.29. The lowest BCUT2D eigenvalue weighted by Crippen LogP contribution is -2.38. The number of aliphatic hydroxyl groups is 2. The van der Waals surface area contributed by atoms with E-state index >= 15 is 0 Å². The normalized spacial score (nSPS) is 16.7. The van der Waals surface area contributed by atoms with Crippen LogP contribution in [0.1, 0.15) is 51.9 Å². The second-order valence-electron chi connectivity index (χ2n) is 9.65. The number of hydrogen-bond acceptors (Lipinski definition) is 5. The van der Waals surface area contributed by atoms with E-state index in [0.717, 1.165) is 45.6 Å². The van der Waals surface area contributed by atoms with Crippen LogP contribution in [0, 0.1) is 5.92 Å². The Morgan fingerprint density at radius 1 is 1.00 bits per heavy atom. The molecule has 1 aliphatic heterocycles. The summed E-state index contributed by atoms with van der Waals surface area (Å²) in [6, 6.07) is 17.8. The van der Waals surface area contributed by atoms with Crippen LogP contribution in [-0.4, -0.2) is 38.6 Å². The van der Waals surface area contributed by atoms with Crippen LogP contribution in [0.5, 0.6) is 0 Å². The highest BCUT2D eigenvalue weighted by Gasteiger charge is 2.37. The lowest BCUT2D eigenvalue weighted by Gasteiger charge is -2.34. The Bertz CT molecular complexity index is 1400. The van der Waals surface area contributed by atoms with E-state index in [-0.39, 0.29) is 11.7 Å². The summed E-state index contributed by atoms with van der Waals surface area (Å²) < 4.78 is 7.46. The molecule has 178 valence electrons. The summed E-state index contributed by atoms with van der Waals surface area (Å²) in [5, 5.41) is 21.6. The monoisotopic (exact) mass is 468 g/mol. The lowest BCUT2D eigenvalue weighted by atomic mass is 9.85. The summed E-state index contributed by atoms with van der Waals surface area (Å²) in [7, 11) is 0. The summed E-state index contributed by atoms with van der Waals surface area (Å²) in [6.45, 7) is 1.12. The molecule has 2 aromatic carbocycles. The predicted molar refractivity (Wildman–Crippen MR) is 132 cm³/mol. The Morgan fingerprint density at radius 2 is 1.80 bits per heavy atom. The van der Waals surface area contributed by atoms with Gasteiger partial charge in [0.1, 0.15) is 5.65 Å². The van der Waals surface area contributed by atoms with Crippen LogP contribution in [-0.2, 0) is 23.4 Å². The van der Waals surface area contributed by atoms with E-state index < -0.39 is 5.79 Å². The fraction of sp³-hybridized carbons (Fsp3) is 0.310. The number of nitrogens with zero attached hydrogens (tertiary/aromatic N) is 2. The summed E-state index contributed by atoms with van der Waals surface area (Å²) in [4.78, 5) is 16.6. The maximum absolute atomic E-state index is 12.0. The van der Waals surface area contributed by atoms with Crippen molar-refractivity contribution in [3.8, 4) is 11.3 Å². The van der Waals surface area contributed by atoms with Gasteiger partial charge in [0.2, 0.25) is 0 Å².